The molecule has 1 aromatic carbocycles. The molecule has 2 rings (SSSR count). The molecule has 4 nitrogen and oxygen atoms in total. The van der Waals surface area contributed by atoms with Crippen LogP contribution < -0.4 is 0 Å². The number of hydrogen-bond acceptors (Lipinski definition) is 4. The maximum absolute atomic E-state index is 12.2. The van der Waals surface area contributed by atoms with Crippen molar-refractivity contribution in [3.8, 4) is 0 Å². The van der Waals surface area contributed by atoms with Gasteiger partial charge in [-0.1, -0.05) is 30.3 Å². The van der Waals surface area contributed by atoms with Gasteiger partial charge in [-0.25, -0.2) is 8.42 Å². The highest BCUT2D eigenvalue weighted by Crippen LogP contribution is 2.45. The fraction of sp³-hybridized carbons (Fsp3) is 0.429. The Balaban J connectivity index is 2.01. The first-order chi connectivity index (χ1) is 10.2. The lowest BCUT2D eigenvalue weighted by atomic mass is 10.2. The van der Waals surface area contributed by atoms with E-state index >= 15 is 0 Å². The Bertz CT molecular complexity index is 646. The van der Waals surface area contributed by atoms with Gasteiger partial charge < -0.3 is 9.84 Å². The number of benzene rings is 1. The first-order valence-corrected chi connectivity index (χ1v) is 8.05. The quantitative estimate of drug-likeness (QED) is 0.811. The van der Waals surface area contributed by atoms with Crippen LogP contribution in [0.25, 0.3) is 0 Å². The molecule has 1 aromatic rings. The maximum Gasteiger partial charge on any atom is 0.449 e. The van der Waals surface area contributed by atoms with Gasteiger partial charge in [0.15, 0.2) is 9.84 Å². The van der Waals surface area contributed by atoms with E-state index in [4.69, 9.17) is 9.84 Å². The zero-order valence-corrected chi connectivity index (χ0v) is 12.3. The van der Waals surface area contributed by atoms with Gasteiger partial charge in [-0.2, -0.15) is 13.2 Å². The monoisotopic (exact) mass is 336 g/mol. The van der Waals surface area contributed by atoms with Crippen LogP contribution in [0.1, 0.15) is 18.4 Å². The van der Waals surface area contributed by atoms with Gasteiger partial charge in [0.2, 0.25) is 5.76 Å². The van der Waals surface area contributed by atoms with Crippen molar-refractivity contribution < 1.29 is 31.4 Å². The average molecular weight is 336 g/mol. The highest BCUT2D eigenvalue weighted by atomic mass is 32.2. The summed E-state index contributed by atoms with van der Waals surface area (Å²) in [6.07, 6.45) is -4.65. The van der Waals surface area contributed by atoms with Gasteiger partial charge >= 0.3 is 6.18 Å². The summed E-state index contributed by atoms with van der Waals surface area (Å²) in [4.78, 5) is 0. The van der Waals surface area contributed by atoms with E-state index < -0.39 is 26.5 Å². The van der Waals surface area contributed by atoms with Crippen LogP contribution in [0.2, 0.25) is 0 Å². The van der Waals surface area contributed by atoms with Crippen molar-refractivity contribution in [3.63, 3.8) is 0 Å². The lowest BCUT2D eigenvalue weighted by molar-refractivity contribution is -0.120. The van der Waals surface area contributed by atoms with Crippen LogP contribution in [0.5, 0.6) is 0 Å². The second-order valence-electron chi connectivity index (χ2n) is 5.21. The Morgan fingerprint density at radius 2 is 1.86 bits per heavy atom. The van der Waals surface area contributed by atoms with E-state index in [-0.39, 0.29) is 31.5 Å². The molecule has 22 heavy (non-hydrogen) atoms. The lowest BCUT2D eigenvalue weighted by Gasteiger charge is -2.15. The standard InChI is InChI=1S/C14H15F3O4S/c15-14(16,17)12(18)9-22(19,20)13(6-7-13)10-21-8-11-4-2-1-3-5-11/h1-5,9,18H,6-8,10H2/b12-9-. The molecule has 8 heteroatoms. The zero-order valence-electron chi connectivity index (χ0n) is 11.5. The van der Waals surface area contributed by atoms with Crippen molar-refractivity contribution in [2.75, 3.05) is 6.61 Å². The number of halogens is 3. The van der Waals surface area contributed by atoms with Crippen LogP contribution in [-0.2, 0) is 21.2 Å². The normalized spacial score (nSPS) is 18.2. The molecular weight excluding hydrogens is 321 g/mol. The highest BCUT2D eigenvalue weighted by molar-refractivity contribution is 7.96. The first kappa shape index (κ1) is 16.8. The van der Waals surface area contributed by atoms with Crippen molar-refractivity contribution in [3.05, 3.63) is 47.1 Å². The molecule has 1 saturated carbocycles. The molecule has 1 aliphatic carbocycles. The van der Waals surface area contributed by atoms with Crippen LogP contribution in [0.3, 0.4) is 0 Å². The largest absolute Gasteiger partial charge is 0.504 e. The second kappa shape index (κ2) is 5.92. The molecular formula is C14H15F3O4S. The summed E-state index contributed by atoms with van der Waals surface area (Å²) in [5, 5.41) is 8.73. The molecule has 1 fully saturated rings. The summed E-state index contributed by atoms with van der Waals surface area (Å²) >= 11 is 0. The third kappa shape index (κ3) is 3.80. The first-order valence-electron chi connectivity index (χ1n) is 6.50. The minimum absolute atomic E-state index is 0.105. The molecule has 1 aliphatic rings. The number of aliphatic hydroxyl groups excluding tert-OH is 1. The fourth-order valence-corrected chi connectivity index (χ4v) is 3.51. The number of rotatable bonds is 6. The van der Waals surface area contributed by atoms with E-state index in [1.54, 1.807) is 24.3 Å². The molecule has 1 N–H and O–H groups in total. The summed E-state index contributed by atoms with van der Waals surface area (Å²) in [7, 11) is -4.24. The van der Waals surface area contributed by atoms with E-state index in [2.05, 4.69) is 0 Å². The third-order valence-corrected chi connectivity index (χ3v) is 5.71. The van der Waals surface area contributed by atoms with Crippen molar-refractivity contribution in [2.45, 2.75) is 30.4 Å². The van der Waals surface area contributed by atoms with E-state index in [1.165, 1.54) is 0 Å². The van der Waals surface area contributed by atoms with Crippen molar-refractivity contribution in [2.24, 2.45) is 0 Å². The molecule has 0 atom stereocenters. The SMILES string of the molecule is O=S(=O)(/C=C(\O)C(F)(F)F)C1(COCc2ccccc2)CC1. The second-order valence-corrected chi connectivity index (χ2v) is 7.40. The minimum Gasteiger partial charge on any atom is -0.504 e. The van der Waals surface area contributed by atoms with Gasteiger partial charge in [0.25, 0.3) is 0 Å². The van der Waals surface area contributed by atoms with Gasteiger partial charge in [-0.15, -0.1) is 0 Å². The predicted octanol–water partition coefficient (Wildman–Crippen LogP) is 3.11. The minimum atomic E-state index is -5.08. The van der Waals surface area contributed by atoms with Crippen LogP contribution >= 0.6 is 0 Å². The highest BCUT2D eigenvalue weighted by Gasteiger charge is 2.54. The van der Waals surface area contributed by atoms with E-state index in [0.29, 0.717) is 0 Å². The molecule has 0 aromatic heterocycles. The fourth-order valence-electron chi connectivity index (χ4n) is 1.92. The number of alkyl halides is 3. The van der Waals surface area contributed by atoms with E-state index in [0.717, 1.165) is 5.56 Å². The van der Waals surface area contributed by atoms with E-state index in [1.807, 2.05) is 6.07 Å². The predicted molar refractivity (Wildman–Crippen MR) is 73.7 cm³/mol. The van der Waals surface area contributed by atoms with Gasteiger partial charge in [0.05, 0.1) is 23.4 Å². The summed E-state index contributed by atoms with van der Waals surface area (Å²) in [5.41, 5.74) is 0.837. The Kier molecular flexibility index (Phi) is 4.53. The van der Waals surface area contributed by atoms with Gasteiger partial charge in [-0.05, 0) is 18.4 Å². The van der Waals surface area contributed by atoms with Crippen LogP contribution in [0.4, 0.5) is 13.2 Å². The Morgan fingerprint density at radius 1 is 1.27 bits per heavy atom. The molecule has 0 amide bonds. The lowest BCUT2D eigenvalue weighted by Crippen LogP contribution is -2.28. The number of allylic oxidation sites excluding steroid dienone is 1. The van der Waals surface area contributed by atoms with Crippen LogP contribution in [0, 0.1) is 0 Å². The summed E-state index contributed by atoms with van der Waals surface area (Å²) in [6, 6.07) is 9.01. The van der Waals surface area contributed by atoms with Crippen LogP contribution in [-0.4, -0.2) is 31.1 Å². The zero-order chi connectivity index (χ0) is 16.4. The number of hydrogen-bond donors (Lipinski definition) is 1. The molecule has 122 valence electrons. The topological polar surface area (TPSA) is 63.6 Å². The van der Waals surface area contributed by atoms with Gasteiger partial charge in [0, 0.05) is 0 Å². The number of aliphatic hydroxyl groups is 1. The number of sulfone groups is 1. The Morgan fingerprint density at radius 3 is 2.36 bits per heavy atom. The smallest absolute Gasteiger partial charge is 0.449 e. The van der Waals surface area contributed by atoms with Gasteiger partial charge in [0.1, 0.15) is 0 Å². The van der Waals surface area contributed by atoms with Crippen molar-refractivity contribution in [1.29, 1.82) is 0 Å². The molecule has 0 heterocycles. The summed E-state index contributed by atoms with van der Waals surface area (Å²) in [5.74, 6) is -2.11. The molecule has 0 bridgehead atoms. The van der Waals surface area contributed by atoms with Gasteiger partial charge in [-0.3, -0.25) is 0 Å². The Labute approximate surface area is 126 Å². The van der Waals surface area contributed by atoms with Crippen LogP contribution in [0.15, 0.2) is 41.5 Å². The van der Waals surface area contributed by atoms with Crippen molar-refractivity contribution in [1.82, 2.24) is 0 Å². The third-order valence-electron chi connectivity index (χ3n) is 3.45. The maximum atomic E-state index is 12.2. The van der Waals surface area contributed by atoms with E-state index in [9.17, 15) is 21.6 Å². The Hall–Kier alpha value is -1.54. The summed E-state index contributed by atoms with van der Waals surface area (Å²) in [6.45, 7) is -0.0288. The molecule has 0 radical (unpaired) electrons. The molecule has 0 unspecified atom stereocenters. The number of ether oxygens (including phenoxy) is 1. The molecule has 0 aliphatic heterocycles. The van der Waals surface area contributed by atoms with Crippen molar-refractivity contribution >= 4 is 9.84 Å². The molecule has 0 saturated heterocycles. The summed E-state index contributed by atoms with van der Waals surface area (Å²) < 4.78 is 64.7. The molecule has 0 spiro atoms. The average Bonchev–Trinajstić information content (AvgIpc) is 3.20.